The molecule has 0 aromatic rings. The lowest BCUT2D eigenvalue weighted by Crippen LogP contribution is -2.31. The first-order valence-corrected chi connectivity index (χ1v) is 9.12. The molecule has 0 N–H and O–H groups in total. The summed E-state index contributed by atoms with van der Waals surface area (Å²) in [6.45, 7) is 9.54. The van der Waals surface area contributed by atoms with Crippen LogP contribution in [0.25, 0.3) is 11.1 Å². The van der Waals surface area contributed by atoms with Gasteiger partial charge in [0.15, 0.2) is 0 Å². The zero-order valence-corrected chi connectivity index (χ0v) is 14.7. The average Bonchev–Trinajstić information content (AvgIpc) is 2.28. The molecule has 21 heavy (non-hydrogen) atoms. The van der Waals surface area contributed by atoms with Crippen LogP contribution in [0.5, 0.6) is 0 Å². The van der Waals surface area contributed by atoms with Crippen molar-refractivity contribution < 1.29 is 26.4 Å². The molecule has 0 aromatic carbocycles. The fraction of sp³-hybridized carbons (Fsp3) is 0.818. The van der Waals surface area contributed by atoms with Gasteiger partial charge in [-0.05, 0) is 41.0 Å². The third-order valence-corrected chi connectivity index (χ3v) is 7.13. The van der Waals surface area contributed by atoms with Gasteiger partial charge in [0, 0.05) is 0 Å². The van der Waals surface area contributed by atoms with Crippen LogP contribution in [0.2, 0.25) is 0 Å². The molecule has 0 amide bonds. The zero-order valence-electron chi connectivity index (χ0n) is 13.1. The van der Waals surface area contributed by atoms with E-state index >= 15 is 0 Å². The topological polar surface area (TPSA) is 141 Å². The molecule has 0 aromatic heterocycles. The maximum Gasteiger partial charge on any atom is 0.370 e. The van der Waals surface area contributed by atoms with Gasteiger partial charge in [-0.2, -0.15) is 9.58 Å². The highest BCUT2D eigenvalue weighted by atomic mass is 32.2. The highest BCUT2D eigenvalue weighted by Crippen LogP contribution is 2.18. The molecule has 0 heterocycles. The van der Waals surface area contributed by atoms with E-state index in [1.807, 2.05) is 0 Å². The van der Waals surface area contributed by atoms with Crippen LogP contribution in [0, 0.1) is 0 Å². The van der Waals surface area contributed by atoms with Crippen molar-refractivity contribution in [1.82, 2.24) is 0 Å². The molecule has 0 spiro atoms. The summed E-state index contributed by atoms with van der Waals surface area (Å²) in [5.74, 6) is 0. The van der Waals surface area contributed by atoms with E-state index < -0.39 is 29.2 Å². The van der Waals surface area contributed by atoms with Crippen molar-refractivity contribution in [2.75, 3.05) is 0 Å². The van der Waals surface area contributed by atoms with Crippen molar-refractivity contribution >= 4 is 30.8 Å². The lowest BCUT2D eigenvalue weighted by atomic mass is 10.1. The molecule has 0 bridgehead atoms. The van der Waals surface area contributed by atoms with Gasteiger partial charge < -0.3 is 11.1 Å². The molecule has 0 rings (SSSR count). The fourth-order valence-corrected chi connectivity index (χ4v) is 1.88. The summed E-state index contributed by atoms with van der Waals surface area (Å²) in [6.07, 6.45) is 0.487. The van der Waals surface area contributed by atoms with E-state index in [-0.39, 0.29) is 0 Å². The van der Waals surface area contributed by atoms with Gasteiger partial charge in [0.1, 0.15) is 0 Å². The molecular weight excluding hydrogens is 316 g/mol. The van der Waals surface area contributed by atoms with E-state index in [2.05, 4.69) is 9.58 Å². The predicted molar refractivity (Wildman–Crippen MR) is 81.3 cm³/mol. The molecule has 0 aliphatic rings. The number of hydrogen-bond acceptors (Lipinski definition) is 4. The summed E-state index contributed by atoms with van der Waals surface area (Å²) in [4.78, 5) is 4.97. The maximum atomic E-state index is 11.2. The minimum absolute atomic E-state index is 0.487. The van der Waals surface area contributed by atoms with Gasteiger partial charge in [0.05, 0.1) is 9.49 Å². The Morgan fingerprint density at radius 1 is 0.857 bits per heavy atom. The van der Waals surface area contributed by atoms with Crippen molar-refractivity contribution in [2.45, 2.75) is 57.5 Å². The van der Waals surface area contributed by atoms with E-state index in [9.17, 15) is 16.8 Å². The summed E-state index contributed by atoms with van der Waals surface area (Å²) in [7, 11) is -6.79. The Balaban J connectivity index is 0. The predicted octanol–water partition coefficient (Wildman–Crippen LogP) is 1.31. The number of sulfone groups is 2. The SMILES string of the molecule is CC(C)(C)S(=O)(=O)C=[N+]=[N-].CCC(C)(C)S(=O)(=O)C=[N+]=[N-]. The first-order valence-electron chi connectivity index (χ1n) is 6.02. The van der Waals surface area contributed by atoms with Crippen molar-refractivity contribution in [3.63, 3.8) is 0 Å². The Hall–Kier alpha value is -1.34. The highest BCUT2D eigenvalue weighted by Gasteiger charge is 2.34. The van der Waals surface area contributed by atoms with Gasteiger partial charge in [-0.1, -0.05) is 6.92 Å². The first-order chi connectivity index (χ1) is 9.18. The van der Waals surface area contributed by atoms with E-state index in [1.165, 1.54) is 20.8 Å². The second kappa shape index (κ2) is 7.61. The second-order valence-electron chi connectivity index (χ2n) is 5.76. The molecule has 10 heteroatoms. The summed E-state index contributed by atoms with van der Waals surface area (Å²) < 4.78 is 42.5. The van der Waals surface area contributed by atoms with Crippen molar-refractivity contribution in [1.29, 1.82) is 0 Å². The lowest BCUT2D eigenvalue weighted by molar-refractivity contribution is 0.00704. The molecule has 0 unspecified atom stereocenters. The van der Waals surface area contributed by atoms with Crippen LogP contribution < -0.4 is 0 Å². The minimum atomic E-state index is -3.40. The fourth-order valence-electron chi connectivity index (χ4n) is 0.626. The lowest BCUT2D eigenvalue weighted by Gasteiger charge is -2.16. The Morgan fingerprint density at radius 2 is 1.19 bits per heavy atom. The smallest absolute Gasteiger partial charge is 0.361 e. The van der Waals surface area contributed by atoms with Crippen LogP contribution in [-0.4, -0.2) is 47.0 Å². The third kappa shape index (κ3) is 6.77. The van der Waals surface area contributed by atoms with Gasteiger partial charge in [-0.25, -0.2) is 16.8 Å². The molecule has 0 saturated carbocycles. The normalized spacial score (nSPS) is 12.3. The quantitative estimate of drug-likeness (QED) is 0.329. The molecule has 0 aliphatic carbocycles. The average molecular weight is 338 g/mol. The van der Waals surface area contributed by atoms with Gasteiger partial charge in [-0.3, -0.25) is 0 Å². The number of nitrogens with zero attached hydrogens (tertiary/aromatic N) is 4. The molecule has 0 atom stereocenters. The molecule has 0 fully saturated rings. The van der Waals surface area contributed by atoms with Crippen LogP contribution in [0.1, 0.15) is 48.0 Å². The van der Waals surface area contributed by atoms with E-state index in [4.69, 9.17) is 11.1 Å². The van der Waals surface area contributed by atoms with E-state index in [1.54, 1.807) is 20.8 Å². The molecule has 122 valence electrons. The Bertz CT molecular complexity index is 645. The molecule has 0 aliphatic heterocycles. The van der Waals surface area contributed by atoms with Crippen LogP contribution in [0.3, 0.4) is 0 Å². The summed E-state index contributed by atoms with van der Waals surface area (Å²) in [5, 5.41) is 0. The second-order valence-corrected chi connectivity index (χ2v) is 10.7. The monoisotopic (exact) mass is 338 g/mol. The summed E-state index contributed by atoms with van der Waals surface area (Å²) >= 11 is 0. The van der Waals surface area contributed by atoms with Crippen molar-refractivity contribution in [3.8, 4) is 0 Å². The zero-order chi connectivity index (χ0) is 17.5. The van der Waals surface area contributed by atoms with Gasteiger partial charge >= 0.3 is 11.1 Å². The molecule has 0 radical (unpaired) electrons. The van der Waals surface area contributed by atoms with Crippen LogP contribution in [0.4, 0.5) is 0 Å². The van der Waals surface area contributed by atoms with Crippen molar-refractivity contribution in [2.24, 2.45) is 0 Å². The van der Waals surface area contributed by atoms with Crippen LogP contribution in [0.15, 0.2) is 0 Å². The molecule has 0 saturated heterocycles. The minimum Gasteiger partial charge on any atom is -0.361 e. The van der Waals surface area contributed by atoms with Crippen LogP contribution >= 0.6 is 0 Å². The van der Waals surface area contributed by atoms with Gasteiger partial charge in [0.25, 0.3) is 19.7 Å². The van der Waals surface area contributed by atoms with E-state index in [0.29, 0.717) is 17.5 Å². The Kier molecular flexibility index (Phi) is 7.95. The van der Waals surface area contributed by atoms with Crippen LogP contribution in [-0.2, 0) is 19.7 Å². The van der Waals surface area contributed by atoms with Crippen molar-refractivity contribution in [3.05, 3.63) is 11.1 Å². The summed E-state index contributed by atoms with van der Waals surface area (Å²) in [6, 6.07) is 0. The van der Waals surface area contributed by atoms with E-state index in [0.717, 1.165) is 0 Å². The maximum absolute atomic E-state index is 11.2. The third-order valence-electron chi connectivity index (χ3n) is 2.85. The first kappa shape index (κ1) is 21.9. The largest absolute Gasteiger partial charge is 0.370 e. The van der Waals surface area contributed by atoms with Gasteiger partial charge in [-0.15, -0.1) is 0 Å². The molecule has 8 nitrogen and oxygen atoms in total. The number of hydrogen-bond donors (Lipinski definition) is 0. The standard InChI is InChI=1S/C6H12N2O2S.C5H10N2O2S/c1-4-6(2,3)11(9,10)5-8-7;1-5(2,3)10(8,9)4-7-6/h5H,4H2,1-3H3;4H,1-3H3. The Labute approximate surface area is 126 Å². The summed E-state index contributed by atoms with van der Waals surface area (Å²) in [5.41, 5.74) is 17.1. The van der Waals surface area contributed by atoms with Gasteiger partial charge in [0.2, 0.25) is 0 Å². The Morgan fingerprint density at radius 3 is 1.38 bits per heavy atom. The number of rotatable bonds is 4. The highest BCUT2D eigenvalue weighted by molar-refractivity contribution is 8.05. The molecular formula is C11H22N4O4S2.